The lowest BCUT2D eigenvalue weighted by Crippen LogP contribution is -2.11. The van der Waals surface area contributed by atoms with Crippen LogP contribution in [0.3, 0.4) is 0 Å². The van der Waals surface area contributed by atoms with Crippen molar-refractivity contribution in [3.63, 3.8) is 0 Å². The number of alkyl halides is 2. The van der Waals surface area contributed by atoms with Crippen LogP contribution in [0.5, 0.6) is 0 Å². The maximum absolute atomic E-state index is 13.0. The van der Waals surface area contributed by atoms with E-state index in [1.165, 1.54) is 16.7 Å². The van der Waals surface area contributed by atoms with Gasteiger partial charge in [0, 0.05) is 26.8 Å². The van der Waals surface area contributed by atoms with E-state index in [1.807, 2.05) is 0 Å². The first-order chi connectivity index (χ1) is 15.2. The van der Waals surface area contributed by atoms with Crippen LogP contribution in [0.1, 0.15) is 12.6 Å². The number of azo groups is 1. The van der Waals surface area contributed by atoms with E-state index in [9.17, 15) is 17.5 Å². The Morgan fingerprint density at radius 2 is 2.00 bits per heavy atom. The Morgan fingerprint density at radius 3 is 2.56 bits per heavy atom. The van der Waals surface area contributed by atoms with Gasteiger partial charge in [-0.25, -0.2) is 14.0 Å². The molecule has 0 aliphatic heterocycles. The van der Waals surface area contributed by atoms with Crippen molar-refractivity contribution in [2.75, 3.05) is 25.6 Å². The van der Waals surface area contributed by atoms with Crippen molar-refractivity contribution >= 4 is 38.8 Å². The first kappa shape index (κ1) is 25.2. The summed E-state index contributed by atoms with van der Waals surface area (Å²) in [5.41, 5.74) is 0.393. The molecule has 0 amide bonds. The molecule has 0 spiro atoms. The molecule has 15 heteroatoms. The van der Waals surface area contributed by atoms with E-state index in [-0.39, 0.29) is 29.7 Å². The SMILES string of the molecule is [C-]#[N+]c1nc(N=Nc2ccc(N(C)C)cc2N=S(=O)(OF)C(F)F)n(C)c1COOCC. The minimum atomic E-state index is -4.96. The predicted molar refractivity (Wildman–Crippen MR) is 109 cm³/mol. The molecule has 1 aromatic heterocycles. The molecule has 32 heavy (non-hydrogen) atoms. The zero-order valence-corrected chi connectivity index (χ0v) is 18.3. The largest absolute Gasteiger partial charge is 0.378 e. The molecule has 1 aromatic carbocycles. The molecule has 0 saturated carbocycles. The number of halogens is 3. The first-order valence-electron chi connectivity index (χ1n) is 8.91. The predicted octanol–water partition coefficient (Wildman–Crippen LogP) is 5.06. The van der Waals surface area contributed by atoms with Crippen molar-refractivity contribution in [1.82, 2.24) is 9.55 Å². The summed E-state index contributed by atoms with van der Waals surface area (Å²) >= 11 is 0. The molecule has 2 aromatic rings. The molecular formula is C17H20F3N7O4S. The zero-order chi connectivity index (χ0) is 23.9. The molecule has 174 valence electrons. The highest BCUT2D eigenvalue weighted by atomic mass is 32.2. The van der Waals surface area contributed by atoms with E-state index in [2.05, 4.69) is 28.8 Å². The number of anilines is 1. The van der Waals surface area contributed by atoms with Crippen LogP contribution in [-0.2, 0) is 37.8 Å². The molecule has 0 radical (unpaired) electrons. The van der Waals surface area contributed by atoms with E-state index in [0.717, 1.165) is 0 Å². The van der Waals surface area contributed by atoms with Crippen LogP contribution in [0, 0.1) is 6.57 Å². The first-order valence-corrected chi connectivity index (χ1v) is 10.4. The maximum Gasteiger partial charge on any atom is 0.345 e. The van der Waals surface area contributed by atoms with Gasteiger partial charge in [-0.05, 0) is 29.6 Å². The Balaban J connectivity index is 2.52. The van der Waals surface area contributed by atoms with Crippen LogP contribution in [-0.4, -0.2) is 40.2 Å². The van der Waals surface area contributed by atoms with Crippen LogP contribution >= 0.6 is 0 Å². The van der Waals surface area contributed by atoms with Crippen LogP contribution in [0.15, 0.2) is 32.8 Å². The molecule has 0 saturated heterocycles. The molecule has 1 atom stereocenters. The van der Waals surface area contributed by atoms with Crippen molar-refractivity contribution in [2.45, 2.75) is 19.3 Å². The summed E-state index contributed by atoms with van der Waals surface area (Å²) in [7, 11) is -0.0638. The number of aromatic nitrogens is 2. The average Bonchev–Trinajstić information content (AvgIpc) is 3.07. The third kappa shape index (κ3) is 5.79. The molecular weight excluding hydrogens is 455 g/mol. The smallest absolute Gasteiger partial charge is 0.345 e. The number of hydrogen-bond acceptors (Lipinski definition) is 9. The second-order valence-corrected chi connectivity index (χ2v) is 7.91. The molecule has 0 aliphatic carbocycles. The Labute approximate surface area is 182 Å². The van der Waals surface area contributed by atoms with Gasteiger partial charge in [0.15, 0.2) is 0 Å². The minimum Gasteiger partial charge on any atom is -0.378 e. The van der Waals surface area contributed by atoms with Gasteiger partial charge in [0.2, 0.25) is 0 Å². The van der Waals surface area contributed by atoms with E-state index >= 15 is 0 Å². The zero-order valence-electron chi connectivity index (χ0n) is 17.5. The fourth-order valence-corrected chi connectivity index (χ4v) is 2.87. The highest BCUT2D eigenvalue weighted by molar-refractivity contribution is 7.89. The Hall–Kier alpha value is -3.06. The summed E-state index contributed by atoms with van der Waals surface area (Å²) in [6, 6.07) is 4.19. The summed E-state index contributed by atoms with van der Waals surface area (Å²) < 4.78 is 58.2. The highest BCUT2D eigenvalue weighted by Crippen LogP contribution is 2.36. The molecule has 0 bridgehead atoms. The summed E-state index contributed by atoms with van der Waals surface area (Å²) in [6.07, 6.45) is 0. The molecule has 1 heterocycles. The van der Waals surface area contributed by atoms with Crippen molar-refractivity contribution in [3.8, 4) is 0 Å². The molecule has 0 N–H and O–H groups in total. The summed E-state index contributed by atoms with van der Waals surface area (Å²) in [6.45, 7) is 9.19. The lowest BCUT2D eigenvalue weighted by Gasteiger charge is -2.13. The number of imidazole rings is 1. The Kier molecular flexibility index (Phi) is 8.66. The second kappa shape index (κ2) is 11.0. The number of benzene rings is 1. The van der Waals surface area contributed by atoms with Crippen LogP contribution in [0.25, 0.3) is 4.85 Å². The Morgan fingerprint density at radius 1 is 1.28 bits per heavy atom. The van der Waals surface area contributed by atoms with Gasteiger partial charge in [-0.15, -0.1) is 5.11 Å². The van der Waals surface area contributed by atoms with E-state index in [4.69, 9.17) is 16.3 Å². The molecule has 1 unspecified atom stereocenters. The van der Waals surface area contributed by atoms with Gasteiger partial charge in [0.1, 0.15) is 18.0 Å². The van der Waals surface area contributed by atoms with E-state index < -0.39 is 15.8 Å². The van der Waals surface area contributed by atoms with Crippen molar-refractivity contribution < 1.29 is 31.7 Å². The summed E-state index contributed by atoms with van der Waals surface area (Å²) in [5, 5.41) is 7.82. The second-order valence-electron chi connectivity index (χ2n) is 6.22. The molecule has 2 rings (SSSR count). The normalized spacial score (nSPS) is 13.3. The third-order valence-corrected chi connectivity index (χ3v) is 5.02. The summed E-state index contributed by atoms with van der Waals surface area (Å²) in [5.74, 6) is -3.71. The van der Waals surface area contributed by atoms with Crippen molar-refractivity contribution in [2.24, 2.45) is 21.6 Å². The average molecular weight is 475 g/mol. The van der Waals surface area contributed by atoms with Gasteiger partial charge in [-0.2, -0.15) is 13.1 Å². The van der Waals surface area contributed by atoms with E-state index in [1.54, 1.807) is 39.0 Å². The monoisotopic (exact) mass is 475 g/mol. The number of nitrogens with zero attached hydrogens (tertiary/aromatic N) is 7. The van der Waals surface area contributed by atoms with Gasteiger partial charge in [-0.3, -0.25) is 0 Å². The molecule has 11 nitrogen and oxygen atoms in total. The minimum absolute atomic E-state index is 0.000527. The van der Waals surface area contributed by atoms with E-state index in [0.29, 0.717) is 18.0 Å². The fourth-order valence-electron chi connectivity index (χ4n) is 2.29. The van der Waals surface area contributed by atoms with Crippen molar-refractivity contribution in [1.29, 1.82) is 0 Å². The van der Waals surface area contributed by atoms with Crippen molar-refractivity contribution in [3.05, 3.63) is 35.3 Å². The van der Waals surface area contributed by atoms with Gasteiger partial charge in [0.05, 0.1) is 12.3 Å². The lowest BCUT2D eigenvalue weighted by molar-refractivity contribution is -0.301. The molecule has 0 aliphatic rings. The maximum atomic E-state index is 13.0. The summed E-state index contributed by atoms with van der Waals surface area (Å²) in [4.78, 5) is 18.7. The Bertz CT molecular complexity index is 1140. The highest BCUT2D eigenvalue weighted by Gasteiger charge is 2.26. The van der Waals surface area contributed by atoms with Gasteiger partial charge >= 0.3 is 11.7 Å². The van der Waals surface area contributed by atoms with Gasteiger partial charge in [0.25, 0.3) is 15.8 Å². The fraction of sp³-hybridized carbons (Fsp3) is 0.412. The van der Waals surface area contributed by atoms with Crippen LogP contribution in [0.4, 0.5) is 42.1 Å². The number of rotatable bonds is 10. The molecule has 0 fully saturated rings. The standard InChI is InChI=1S/C17H20F3N7O4S/c1-6-29-30-10-14-15(21-2)22-17(27(14)5)24-23-12-8-7-11(26(3)4)9-13(12)25-32(28,31-20)16(18)19/h7-9,16H,6,10H2,1,3-5H3. The van der Waals surface area contributed by atoms with Gasteiger partial charge < -0.3 is 14.3 Å². The van der Waals surface area contributed by atoms with Gasteiger partial charge in [-0.1, -0.05) is 21.1 Å². The third-order valence-electron chi connectivity index (χ3n) is 3.94. The van der Waals surface area contributed by atoms with Crippen LogP contribution < -0.4 is 4.90 Å². The topological polar surface area (TPSA) is 107 Å². The number of hydrogen-bond donors (Lipinski definition) is 0. The lowest BCUT2D eigenvalue weighted by atomic mass is 10.2. The quantitative estimate of drug-likeness (QED) is 0.156. The van der Waals surface area contributed by atoms with Crippen LogP contribution in [0.2, 0.25) is 0 Å².